The summed E-state index contributed by atoms with van der Waals surface area (Å²) in [6.07, 6.45) is 5.28. The van der Waals surface area contributed by atoms with E-state index >= 15 is 0 Å². The molecule has 136 valence electrons. The first-order chi connectivity index (χ1) is 11.1. The van der Waals surface area contributed by atoms with Gasteiger partial charge in [-0.25, -0.2) is 9.59 Å². The number of carbonyl (C=O) groups excluding carboxylic acids is 2. The molecule has 1 fully saturated rings. The van der Waals surface area contributed by atoms with Crippen LogP contribution < -0.4 is 0 Å². The van der Waals surface area contributed by atoms with E-state index in [9.17, 15) is 9.59 Å². The van der Waals surface area contributed by atoms with Gasteiger partial charge in [-0.1, -0.05) is 12.2 Å². The predicted molar refractivity (Wildman–Crippen MR) is 88.4 cm³/mol. The van der Waals surface area contributed by atoms with Crippen molar-refractivity contribution in [3.63, 3.8) is 0 Å². The van der Waals surface area contributed by atoms with E-state index in [4.69, 9.17) is 19.6 Å². The first-order valence-electron chi connectivity index (χ1n) is 8.16. The van der Waals surface area contributed by atoms with Crippen molar-refractivity contribution >= 4 is 11.9 Å². The summed E-state index contributed by atoms with van der Waals surface area (Å²) in [6, 6.07) is 0. The van der Waals surface area contributed by atoms with Gasteiger partial charge in [0.25, 0.3) is 0 Å². The van der Waals surface area contributed by atoms with Gasteiger partial charge in [-0.3, -0.25) is 9.78 Å². The summed E-state index contributed by atoms with van der Waals surface area (Å²) >= 11 is 0. The molecule has 0 aromatic rings. The lowest BCUT2D eigenvalue weighted by atomic mass is 9.82. The van der Waals surface area contributed by atoms with E-state index in [2.05, 4.69) is 13.2 Å². The molecule has 0 unspecified atom stereocenters. The van der Waals surface area contributed by atoms with Gasteiger partial charge in [0.15, 0.2) is 0 Å². The number of hydrogen-bond donors (Lipinski definition) is 0. The summed E-state index contributed by atoms with van der Waals surface area (Å²) < 4.78 is 0. The molecule has 1 rings (SSSR count). The molecule has 24 heavy (non-hydrogen) atoms. The molecular weight excluding hydrogens is 312 g/mol. The third kappa shape index (κ3) is 6.45. The maximum absolute atomic E-state index is 12.0. The lowest BCUT2D eigenvalue weighted by Gasteiger charge is -2.27. The van der Waals surface area contributed by atoms with Crippen LogP contribution in [-0.2, 0) is 29.1 Å². The Bertz CT molecular complexity index is 428. The normalized spacial score (nSPS) is 21.7. The highest BCUT2D eigenvalue weighted by Gasteiger charge is 2.34. The molecule has 6 heteroatoms. The second-order valence-corrected chi connectivity index (χ2v) is 7.14. The van der Waals surface area contributed by atoms with Gasteiger partial charge in [-0.05, 0) is 53.4 Å². The molecule has 6 nitrogen and oxygen atoms in total. The summed E-state index contributed by atoms with van der Waals surface area (Å²) in [5.41, 5.74) is -1.46. The van der Waals surface area contributed by atoms with E-state index in [0.717, 1.165) is 0 Å². The molecule has 0 aliphatic heterocycles. The topological polar surface area (TPSA) is 71.1 Å². The van der Waals surface area contributed by atoms with E-state index < -0.39 is 23.1 Å². The van der Waals surface area contributed by atoms with E-state index in [0.29, 0.717) is 25.7 Å². The third-order valence-electron chi connectivity index (χ3n) is 4.05. The Kier molecular flexibility index (Phi) is 7.17. The van der Waals surface area contributed by atoms with Crippen LogP contribution in [0, 0.1) is 11.8 Å². The Morgan fingerprint density at radius 3 is 1.33 bits per heavy atom. The van der Waals surface area contributed by atoms with Crippen LogP contribution in [0.1, 0.15) is 53.4 Å². The Morgan fingerprint density at radius 2 is 1.08 bits per heavy atom. The first kappa shape index (κ1) is 20.4. The van der Waals surface area contributed by atoms with Crippen LogP contribution in [0.25, 0.3) is 0 Å². The van der Waals surface area contributed by atoms with Crippen molar-refractivity contribution in [3.05, 3.63) is 25.3 Å². The summed E-state index contributed by atoms with van der Waals surface area (Å²) in [5.74, 6) is -1.39. The molecule has 1 aliphatic carbocycles. The molecule has 0 radical (unpaired) electrons. The SMILES string of the molecule is C=CC(C)(C)OOC(=O)C1CCC(C(=O)OOC(C)(C)C=C)CC1. The highest BCUT2D eigenvalue weighted by atomic mass is 17.2. The molecule has 0 heterocycles. The van der Waals surface area contributed by atoms with E-state index in [1.807, 2.05) is 0 Å². The first-order valence-corrected chi connectivity index (χ1v) is 8.16. The molecule has 0 aromatic heterocycles. The largest absolute Gasteiger partial charge is 0.345 e. The molecule has 0 N–H and O–H groups in total. The zero-order valence-electron chi connectivity index (χ0n) is 15.0. The fourth-order valence-electron chi connectivity index (χ4n) is 2.07. The maximum atomic E-state index is 12.0. The average Bonchev–Trinajstić information content (AvgIpc) is 2.58. The van der Waals surface area contributed by atoms with Gasteiger partial charge in [0.2, 0.25) is 0 Å². The van der Waals surface area contributed by atoms with Gasteiger partial charge in [0.1, 0.15) is 11.2 Å². The van der Waals surface area contributed by atoms with Gasteiger partial charge in [0, 0.05) is 0 Å². The minimum absolute atomic E-state index is 0.278. The molecule has 0 saturated heterocycles. The number of hydrogen-bond acceptors (Lipinski definition) is 6. The van der Waals surface area contributed by atoms with Crippen molar-refractivity contribution in [1.29, 1.82) is 0 Å². The van der Waals surface area contributed by atoms with Crippen LogP contribution in [0.2, 0.25) is 0 Å². The Hall–Kier alpha value is -1.66. The summed E-state index contributed by atoms with van der Waals surface area (Å²) in [7, 11) is 0. The predicted octanol–water partition coefficient (Wildman–Crippen LogP) is 3.67. The Balaban J connectivity index is 2.38. The van der Waals surface area contributed by atoms with Gasteiger partial charge in [-0.2, -0.15) is 9.78 Å². The van der Waals surface area contributed by atoms with Crippen molar-refractivity contribution in [2.24, 2.45) is 11.8 Å². The van der Waals surface area contributed by atoms with Crippen LogP contribution >= 0.6 is 0 Å². The minimum Gasteiger partial charge on any atom is -0.297 e. The van der Waals surface area contributed by atoms with E-state index in [1.54, 1.807) is 39.8 Å². The van der Waals surface area contributed by atoms with Gasteiger partial charge in [0.05, 0.1) is 11.8 Å². The van der Waals surface area contributed by atoms with Gasteiger partial charge < -0.3 is 0 Å². The molecule has 1 aliphatic rings. The van der Waals surface area contributed by atoms with Crippen LogP contribution in [0.3, 0.4) is 0 Å². The molecule has 0 spiro atoms. The highest BCUT2D eigenvalue weighted by Crippen LogP contribution is 2.31. The second kappa shape index (κ2) is 8.44. The lowest BCUT2D eigenvalue weighted by Crippen LogP contribution is -2.32. The summed E-state index contributed by atoms with van der Waals surface area (Å²) in [4.78, 5) is 43.9. The Morgan fingerprint density at radius 1 is 0.792 bits per heavy atom. The monoisotopic (exact) mass is 340 g/mol. The maximum Gasteiger partial charge on any atom is 0.345 e. The minimum atomic E-state index is -0.730. The summed E-state index contributed by atoms with van der Waals surface area (Å²) in [5, 5.41) is 0. The molecule has 0 bridgehead atoms. The molecule has 0 amide bonds. The smallest absolute Gasteiger partial charge is 0.297 e. The van der Waals surface area contributed by atoms with Crippen LogP contribution in [0.4, 0.5) is 0 Å². The van der Waals surface area contributed by atoms with Crippen molar-refractivity contribution < 1.29 is 29.1 Å². The quantitative estimate of drug-likeness (QED) is 0.381. The number of rotatable bonds is 8. The third-order valence-corrected chi connectivity index (χ3v) is 4.05. The van der Waals surface area contributed by atoms with Crippen LogP contribution in [0.5, 0.6) is 0 Å². The van der Waals surface area contributed by atoms with E-state index in [1.165, 1.54) is 0 Å². The average molecular weight is 340 g/mol. The molecule has 0 atom stereocenters. The second-order valence-electron chi connectivity index (χ2n) is 7.14. The number of carbonyl (C=O) groups is 2. The standard InChI is InChI=1S/C18H28O6/c1-7-17(3,4)23-21-15(19)13-9-11-14(12-10-13)16(20)22-24-18(5,6)8-2/h7-8,13-14H,1-2,9-12H2,3-6H3. The summed E-state index contributed by atoms with van der Waals surface area (Å²) in [6.45, 7) is 14.2. The van der Waals surface area contributed by atoms with Gasteiger partial charge in [-0.15, -0.1) is 13.2 Å². The highest BCUT2D eigenvalue weighted by molar-refractivity contribution is 5.74. The Labute approximate surface area is 143 Å². The van der Waals surface area contributed by atoms with Crippen molar-refractivity contribution in [2.75, 3.05) is 0 Å². The van der Waals surface area contributed by atoms with E-state index in [-0.39, 0.29) is 11.8 Å². The molecular formula is C18H28O6. The van der Waals surface area contributed by atoms with Crippen LogP contribution in [-0.4, -0.2) is 23.1 Å². The molecule has 1 saturated carbocycles. The van der Waals surface area contributed by atoms with Crippen molar-refractivity contribution in [2.45, 2.75) is 64.6 Å². The van der Waals surface area contributed by atoms with Crippen molar-refractivity contribution in [3.8, 4) is 0 Å². The lowest BCUT2D eigenvalue weighted by molar-refractivity contribution is -0.318. The zero-order valence-corrected chi connectivity index (χ0v) is 15.0. The fraction of sp³-hybridized carbons (Fsp3) is 0.667. The fourth-order valence-corrected chi connectivity index (χ4v) is 2.07. The van der Waals surface area contributed by atoms with Gasteiger partial charge >= 0.3 is 11.9 Å². The van der Waals surface area contributed by atoms with Crippen molar-refractivity contribution in [1.82, 2.24) is 0 Å². The molecule has 0 aromatic carbocycles. The van der Waals surface area contributed by atoms with Crippen LogP contribution in [0.15, 0.2) is 25.3 Å². The zero-order chi connectivity index (χ0) is 18.4.